The van der Waals surface area contributed by atoms with Crippen molar-refractivity contribution in [2.24, 2.45) is 5.41 Å². The van der Waals surface area contributed by atoms with E-state index in [1.54, 1.807) is 36.5 Å². The highest BCUT2D eigenvalue weighted by molar-refractivity contribution is 6.16. The summed E-state index contributed by atoms with van der Waals surface area (Å²) in [7, 11) is 0. The van der Waals surface area contributed by atoms with Crippen molar-refractivity contribution >= 4 is 34.2 Å². The molecule has 9 heteroatoms. The zero-order valence-corrected chi connectivity index (χ0v) is 22.5. The van der Waals surface area contributed by atoms with Crippen molar-refractivity contribution in [3.05, 3.63) is 79.1 Å². The van der Waals surface area contributed by atoms with Gasteiger partial charge in [-0.3, -0.25) is 14.6 Å². The van der Waals surface area contributed by atoms with Gasteiger partial charge in [-0.2, -0.15) is 0 Å². The lowest BCUT2D eigenvalue weighted by Crippen LogP contribution is -2.35. The number of nitrogens with zero attached hydrogens (tertiary/aromatic N) is 2. The number of pyridine rings is 2. The number of amides is 2. The van der Waals surface area contributed by atoms with Crippen molar-refractivity contribution in [2.45, 2.75) is 50.2 Å². The van der Waals surface area contributed by atoms with E-state index in [2.05, 4.69) is 20.6 Å². The van der Waals surface area contributed by atoms with Crippen molar-refractivity contribution < 1.29 is 23.8 Å². The molecule has 2 amide bonds. The number of anilines is 2. The fraction of sp³-hybridized carbons (Fsp3) is 0.312. The van der Waals surface area contributed by atoms with Crippen LogP contribution in [0.25, 0.3) is 10.9 Å². The number of rotatable bonds is 9. The predicted molar refractivity (Wildman–Crippen MR) is 153 cm³/mol. The molecule has 1 unspecified atom stereocenters. The molecular weight excluding hydrogens is 520 g/mol. The van der Waals surface area contributed by atoms with Gasteiger partial charge in [0.25, 0.3) is 0 Å². The zero-order valence-electron chi connectivity index (χ0n) is 22.5. The Kier molecular flexibility index (Phi) is 6.31. The van der Waals surface area contributed by atoms with E-state index >= 15 is 0 Å². The lowest BCUT2D eigenvalue weighted by Gasteiger charge is -2.15. The van der Waals surface area contributed by atoms with Gasteiger partial charge in [-0.1, -0.05) is 18.2 Å². The second-order valence-corrected chi connectivity index (χ2v) is 11.1. The van der Waals surface area contributed by atoms with Crippen molar-refractivity contribution in [3.8, 4) is 17.2 Å². The smallest absolute Gasteiger partial charge is 0.241 e. The lowest BCUT2D eigenvalue weighted by atomic mass is 10.1. The molecule has 1 saturated heterocycles. The summed E-state index contributed by atoms with van der Waals surface area (Å²) in [4.78, 5) is 34.6. The largest absolute Gasteiger partial charge is 0.491 e. The number of fused-ring (bicyclic) bond motifs is 1. The zero-order chi connectivity index (χ0) is 27.9. The molecule has 9 nitrogen and oxygen atoms in total. The Labute approximate surface area is 237 Å². The van der Waals surface area contributed by atoms with Crippen LogP contribution in [0.5, 0.6) is 17.2 Å². The number of carbonyl (C=O) groups excluding carboxylic acids is 2. The van der Waals surface area contributed by atoms with Crippen molar-refractivity contribution in [1.29, 1.82) is 0 Å². The first-order valence-corrected chi connectivity index (χ1v) is 14.0. The van der Waals surface area contributed by atoms with Gasteiger partial charge in [0, 0.05) is 23.3 Å². The van der Waals surface area contributed by atoms with Gasteiger partial charge in [0.05, 0.1) is 23.4 Å². The Hall–Kier alpha value is -4.50. The predicted octanol–water partition coefficient (Wildman–Crippen LogP) is 5.87. The quantitative estimate of drug-likeness (QED) is 0.251. The Morgan fingerprint density at radius 2 is 1.68 bits per heavy atom. The van der Waals surface area contributed by atoms with E-state index in [1.165, 1.54) is 19.0 Å². The van der Waals surface area contributed by atoms with Gasteiger partial charge in [0.15, 0.2) is 0 Å². The summed E-state index contributed by atoms with van der Waals surface area (Å²) in [5.41, 5.74) is 0.497. The molecule has 4 aromatic rings. The van der Waals surface area contributed by atoms with E-state index in [1.807, 2.05) is 36.4 Å². The van der Waals surface area contributed by atoms with E-state index in [0.717, 1.165) is 29.5 Å². The van der Waals surface area contributed by atoms with Crippen LogP contribution >= 0.6 is 0 Å². The number of aromatic nitrogens is 2. The normalized spacial score (nSPS) is 19.5. The van der Waals surface area contributed by atoms with E-state index in [9.17, 15) is 9.59 Å². The highest BCUT2D eigenvalue weighted by atomic mass is 16.6. The van der Waals surface area contributed by atoms with E-state index in [0.29, 0.717) is 42.5 Å². The Morgan fingerprint density at radius 3 is 2.41 bits per heavy atom. The molecule has 3 fully saturated rings. The maximum absolute atomic E-state index is 13.0. The maximum Gasteiger partial charge on any atom is 0.241 e. The van der Waals surface area contributed by atoms with Gasteiger partial charge in [-0.25, -0.2) is 4.98 Å². The number of nitrogens with one attached hydrogen (secondary N) is 2. The van der Waals surface area contributed by atoms with Gasteiger partial charge in [-0.15, -0.1) is 0 Å². The van der Waals surface area contributed by atoms with Crippen molar-refractivity contribution in [3.63, 3.8) is 0 Å². The molecule has 2 aliphatic carbocycles. The number of hydrogen-bond donors (Lipinski definition) is 2. The van der Waals surface area contributed by atoms with E-state index < -0.39 is 5.41 Å². The number of benzene rings is 2. The summed E-state index contributed by atoms with van der Waals surface area (Å²) in [6.45, 7) is 0.539. The molecule has 1 spiro atoms. The van der Waals surface area contributed by atoms with Crippen LogP contribution in [0.15, 0.2) is 79.1 Å². The minimum atomic E-state index is -1.07. The van der Waals surface area contributed by atoms with Crippen LogP contribution < -0.4 is 20.1 Å². The third-order valence-electron chi connectivity index (χ3n) is 8.11. The first kappa shape index (κ1) is 25.5. The van der Waals surface area contributed by atoms with Gasteiger partial charge >= 0.3 is 0 Å². The average Bonchev–Trinajstić information content (AvgIpc) is 3.91. The second-order valence-electron chi connectivity index (χ2n) is 11.1. The van der Waals surface area contributed by atoms with Crippen LogP contribution in [0, 0.1) is 5.41 Å². The molecule has 41 heavy (non-hydrogen) atoms. The maximum atomic E-state index is 13.0. The van der Waals surface area contributed by atoms with Gasteiger partial charge in [0.2, 0.25) is 11.8 Å². The number of para-hydroxylation sites is 1. The summed E-state index contributed by atoms with van der Waals surface area (Å²) in [6, 6.07) is 20.0. The topological polar surface area (TPSA) is 112 Å². The fourth-order valence-corrected chi connectivity index (χ4v) is 5.32. The summed E-state index contributed by atoms with van der Waals surface area (Å²) in [5.74, 6) is 1.56. The molecule has 2 aromatic heterocycles. The van der Waals surface area contributed by atoms with Crippen LogP contribution in [0.1, 0.15) is 38.5 Å². The Morgan fingerprint density at radius 1 is 0.878 bits per heavy atom. The summed E-state index contributed by atoms with van der Waals surface area (Å²) in [5, 5.41) is 6.45. The van der Waals surface area contributed by atoms with Gasteiger partial charge < -0.3 is 24.8 Å². The third kappa shape index (κ3) is 5.32. The Balaban J connectivity index is 0.971. The molecule has 1 aliphatic heterocycles. The molecule has 7 rings (SSSR count). The highest BCUT2D eigenvalue weighted by Crippen LogP contribution is 2.49. The summed E-state index contributed by atoms with van der Waals surface area (Å²) in [6.07, 6.45) is 8.90. The van der Waals surface area contributed by atoms with Crippen LogP contribution in [0.4, 0.5) is 11.5 Å². The Bertz CT molecular complexity index is 1600. The number of hydrogen-bond acceptors (Lipinski definition) is 7. The highest BCUT2D eigenvalue weighted by Gasteiger charge is 2.56. The second kappa shape index (κ2) is 10.2. The fourth-order valence-electron chi connectivity index (χ4n) is 5.32. The lowest BCUT2D eigenvalue weighted by molar-refractivity contribution is -0.131. The molecule has 1 atom stereocenters. The molecule has 3 heterocycles. The molecule has 2 saturated carbocycles. The molecule has 0 radical (unpaired) electrons. The molecular formula is C32H30N4O5. The molecule has 208 valence electrons. The monoisotopic (exact) mass is 550 g/mol. The molecule has 0 bridgehead atoms. The molecule has 3 aliphatic rings. The standard InChI is InChI=1S/C32H30N4O5/c37-29(35-21-4-2-1-3-5-21)32(15-16-32)30(38)36-28-9-7-23(19-34-28)40-27-11-17-33-26-18-22(6-8-25(26)27)39-20-24-10-12-31(41-24)13-14-31/h1-9,11,17-19,24H,10,12-16,20H2,(H,35,37)(H,34,36,38). The minimum Gasteiger partial charge on any atom is -0.491 e. The average molecular weight is 551 g/mol. The van der Waals surface area contributed by atoms with E-state index in [-0.39, 0.29) is 23.5 Å². The first-order valence-electron chi connectivity index (χ1n) is 14.0. The number of carbonyl (C=O) groups is 2. The van der Waals surface area contributed by atoms with Crippen LogP contribution in [0.2, 0.25) is 0 Å². The first-order chi connectivity index (χ1) is 20.0. The third-order valence-corrected chi connectivity index (χ3v) is 8.11. The molecule has 2 N–H and O–H groups in total. The minimum absolute atomic E-state index is 0.150. The van der Waals surface area contributed by atoms with Gasteiger partial charge in [-0.05, 0) is 81.0 Å². The van der Waals surface area contributed by atoms with Gasteiger partial charge in [0.1, 0.15) is 35.1 Å². The van der Waals surface area contributed by atoms with Crippen molar-refractivity contribution in [2.75, 3.05) is 17.2 Å². The SMILES string of the molecule is O=C(Nc1ccccc1)C1(C(=O)Nc2ccc(Oc3ccnc4cc(OCC5CCC6(CC6)O5)ccc34)cn2)CC1. The van der Waals surface area contributed by atoms with Crippen molar-refractivity contribution in [1.82, 2.24) is 9.97 Å². The van der Waals surface area contributed by atoms with Crippen LogP contribution in [-0.4, -0.2) is 40.1 Å². The molecule has 2 aromatic carbocycles. The number of ether oxygens (including phenoxy) is 3. The van der Waals surface area contributed by atoms with E-state index in [4.69, 9.17) is 14.2 Å². The summed E-state index contributed by atoms with van der Waals surface area (Å²) >= 11 is 0. The van der Waals surface area contributed by atoms with Crippen LogP contribution in [0.3, 0.4) is 0 Å². The van der Waals surface area contributed by atoms with Crippen LogP contribution in [-0.2, 0) is 14.3 Å². The summed E-state index contributed by atoms with van der Waals surface area (Å²) < 4.78 is 18.3.